The second-order valence-corrected chi connectivity index (χ2v) is 8.32. The molecule has 0 saturated carbocycles. The van der Waals surface area contributed by atoms with Gasteiger partial charge in [0, 0.05) is 6.54 Å². The maximum Gasteiger partial charge on any atom is 0.417 e. The number of alkyl halides is 3. The Morgan fingerprint density at radius 2 is 1.84 bits per heavy atom. The van der Waals surface area contributed by atoms with E-state index < -0.39 is 28.1 Å². The third-order valence-electron chi connectivity index (χ3n) is 5.89. The molecule has 1 aliphatic rings. The molecule has 0 bridgehead atoms. The monoisotopic (exact) mass is 464 g/mol. The van der Waals surface area contributed by atoms with Crippen molar-refractivity contribution in [2.45, 2.75) is 31.5 Å². The zero-order valence-corrected chi connectivity index (χ0v) is 17.5. The van der Waals surface area contributed by atoms with Crippen LogP contribution in [0.3, 0.4) is 0 Å². The highest BCUT2D eigenvalue weighted by Gasteiger charge is 2.42. The summed E-state index contributed by atoms with van der Waals surface area (Å²) in [6.07, 6.45) is -0.0814. The van der Waals surface area contributed by atoms with Crippen LogP contribution in [-0.2, 0) is 11.7 Å². The lowest BCUT2D eigenvalue weighted by Gasteiger charge is -2.36. The first-order chi connectivity index (χ1) is 15.2. The number of hydrogen-bond acceptors (Lipinski definition) is 4. The lowest BCUT2D eigenvalue weighted by Crippen LogP contribution is -2.40. The van der Waals surface area contributed by atoms with E-state index >= 15 is 0 Å². The molecule has 1 atom stereocenters. The Labute approximate surface area is 184 Å². The van der Waals surface area contributed by atoms with E-state index in [4.69, 9.17) is 11.6 Å². The van der Waals surface area contributed by atoms with Crippen LogP contribution in [0.15, 0.2) is 42.7 Å². The van der Waals surface area contributed by atoms with E-state index in [-0.39, 0.29) is 5.52 Å². The maximum absolute atomic E-state index is 14.2. The van der Waals surface area contributed by atoms with Gasteiger partial charge >= 0.3 is 6.18 Å². The number of aromatic nitrogens is 5. The van der Waals surface area contributed by atoms with Gasteiger partial charge in [0.2, 0.25) is 0 Å². The minimum atomic E-state index is -4.58. The van der Waals surface area contributed by atoms with E-state index in [9.17, 15) is 17.6 Å². The van der Waals surface area contributed by atoms with Gasteiger partial charge in [-0.15, -0.1) is 4.80 Å². The van der Waals surface area contributed by atoms with Gasteiger partial charge in [-0.2, -0.15) is 23.4 Å². The third kappa shape index (κ3) is 3.29. The number of fused-ring (bicyclic) bond motifs is 1. The molecule has 0 aliphatic carbocycles. The number of nitrogens with zero attached hydrogens (tertiary/aromatic N) is 5. The Morgan fingerprint density at radius 3 is 2.56 bits per heavy atom. The molecule has 1 aliphatic heterocycles. The lowest BCUT2D eigenvalue weighted by molar-refractivity contribution is -0.137. The molecule has 3 heterocycles. The van der Waals surface area contributed by atoms with Gasteiger partial charge in [0.1, 0.15) is 17.3 Å². The first-order valence-electron chi connectivity index (χ1n) is 9.88. The zero-order chi connectivity index (χ0) is 22.7. The fourth-order valence-electron chi connectivity index (χ4n) is 4.32. The van der Waals surface area contributed by atoms with Crippen LogP contribution in [0.5, 0.6) is 0 Å². The minimum Gasteiger partial charge on any atom is -0.357 e. The predicted molar refractivity (Wildman–Crippen MR) is 111 cm³/mol. The van der Waals surface area contributed by atoms with Crippen LogP contribution in [0.4, 0.5) is 23.2 Å². The molecule has 0 amide bonds. The van der Waals surface area contributed by atoms with Crippen LogP contribution in [-0.4, -0.2) is 31.5 Å². The summed E-state index contributed by atoms with van der Waals surface area (Å²) in [6.45, 7) is 2.52. The number of anilines is 1. The van der Waals surface area contributed by atoms with Crippen molar-refractivity contribution in [2.75, 3.05) is 11.4 Å². The summed E-state index contributed by atoms with van der Waals surface area (Å²) in [5, 5.41) is 7.91. The molecule has 5 rings (SSSR count). The molecule has 0 unspecified atom stereocenters. The molecule has 1 N–H and O–H groups in total. The highest BCUT2D eigenvalue weighted by atomic mass is 35.5. The molecule has 1 saturated heterocycles. The molecule has 11 heteroatoms. The molecule has 4 aromatic rings. The Balaban J connectivity index is 1.63. The summed E-state index contributed by atoms with van der Waals surface area (Å²) in [5.74, 6) is 0.0559. The SMILES string of the molecule is C[C@@]1(c2nc3cc(Cl)c(C(F)(F)F)cc3[nH]2)CCCN1c1cc(F)ccc1-n1nccn1. The maximum atomic E-state index is 14.2. The van der Waals surface area contributed by atoms with Crippen LogP contribution in [0, 0.1) is 5.82 Å². The van der Waals surface area contributed by atoms with Gasteiger partial charge in [-0.05, 0) is 50.1 Å². The fraction of sp³-hybridized carbons (Fsp3) is 0.286. The molecule has 2 aromatic heterocycles. The van der Waals surface area contributed by atoms with Gasteiger partial charge < -0.3 is 9.88 Å². The Kier molecular flexibility index (Phi) is 4.66. The molecule has 166 valence electrons. The second kappa shape index (κ2) is 7.19. The minimum absolute atomic E-state index is 0.234. The van der Waals surface area contributed by atoms with E-state index in [0.29, 0.717) is 35.7 Å². The summed E-state index contributed by atoms with van der Waals surface area (Å²) in [7, 11) is 0. The second-order valence-electron chi connectivity index (χ2n) is 7.91. The quantitative estimate of drug-likeness (QED) is 0.408. The van der Waals surface area contributed by atoms with E-state index in [1.54, 1.807) is 6.07 Å². The van der Waals surface area contributed by atoms with E-state index in [0.717, 1.165) is 12.5 Å². The molecule has 6 nitrogen and oxygen atoms in total. The zero-order valence-electron chi connectivity index (χ0n) is 16.8. The summed E-state index contributed by atoms with van der Waals surface area (Å²) >= 11 is 5.87. The number of hydrogen-bond donors (Lipinski definition) is 1. The molecule has 0 spiro atoms. The van der Waals surface area contributed by atoms with Crippen molar-refractivity contribution in [3.63, 3.8) is 0 Å². The van der Waals surface area contributed by atoms with Gasteiger partial charge in [-0.1, -0.05) is 11.6 Å². The first-order valence-corrected chi connectivity index (χ1v) is 10.3. The van der Waals surface area contributed by atoms with Crippen LogP contribution < -0.4 is 4.90 Å². The highest BCUT2D eigenvalue weighted by Crippen LogP contribution is 2.44. The molecule has 32 heavy (non-hydrogen) atoms. The van der Waals surface area contributed by atoms with Crippen molar-refractivity contribution in [2.24, 2.45) is 0 Å². The highest BCUT2D eigenvalue weighted by molar-refractivity contribution is 6.32. The number of nitrogens with one attached hydrogen (secondary N) is 1. The Hall–Kier alpha value is -3.14. The topological polar surface area (TPSA) is 62.6 Å². The first kappa shape index (κ1) is 20.7. The third-order valence-corrected chi connectivity index (χ3v) is 6.20. The standard InChI is InChI=1S/C21H17ClF4N6/c1-20(19-29-15-10-13(21(24,25)26)14(22)11-16(15)30-19)5-2-8-31(20)18-9-12(23)3-4-17(18)32-27-6-7-28-32/h3-4,6-7,9-11H,2,5,8H2,1H3,(H,29,30)/t20-/m0/s1. The largest absolute Gasteiger partial charge is 0.417 e. The Morgan fingerprint density at radius 1 is 1.09 bits per heavy atom. The van der Waals surface area contributed by atoms with Gasteiger partial charge in [-0.3, -0.25) is 0 Å². The van der Waals surface area contributed by atoms with Crippen molar-refractivity contribution in [1.82, 2.24) is 25.0 Å². The summed E-state index contributed by atoms with van der Waals surface area (Å²) in [6, 6.07) is 6.51. The average molecular weight is 465 g/mol. The van der Waals surface area contributed by atoms with E-state index in [2.05, 4.69) is 20.2 Å². The van der Waals surface area contributed by atoms with Crippen LogP contribution >= 0.6 is 11.6 Å². The summed E-state index contributed by atoms with van der Waals surface area (Å²) in [4.78, 5) is 11.0. The smallest absolute Gasteiger partial charge is 0.357 e. The van der Waals surface area contributed by atoms with Crippen molar-refractivity contribution in [3.05, 3.63) is 65.0 Å². The van der Waals surface area contributed by atoms with Gasteiger partial charge in [-0.25, -0.2) is 9.37 Å². The number of rotatable bonds is 3. The van der Waals surface area contributed by atoms with Gasteiger partial charge in [0.25, 0.3) is 0 Å². The van der Waals surface area contributed by atoms with Crippen LogP contribution in [0.1, 0.15) is 31.2 Å². The van der Waals surface area contributed by atoms with E-state index in [1.807, 2.05) is 11.8 Å². The molecular weight excluding hydrogens is 448 g/mol. The van der Waals surface area contributed by atoms with Gasteiger partial charge in [0.05, 0.1) is 45.2 Å². The molecule has 2 aromatic carbocycles. The van der Waals surface area contributed by atoms with Crippen molar-refractivity contribution in [3.8, 4) is 5.69 Å². The number of benzene rings is 2. The van der Waals surface area contributed by atoms with Crippen molar-refractivity contribution >= 4 is 28.3 Å². The Bertz CT molecular complexity index is 1300. The predicted octanol–water partition coefficient (Wildman–Crippen LogP) is 5.47. The molecule has 1 fully saturated rings. The summed E-state index contributed by atoms with van der Waals surface area (Å²) in [5.41, 5.74) is 0.0722. The molecular formula is C21H17ClF4N6. The van der Waals surface area contributed by atoms with Crippen LogP contribution in [0.25, 0.3) is 16.7 Å². The lowest BCUT2D eigenvalue weighted by atomic mass is 9.97. The number of H-pyrrole nitrogens is 1. The van der Waals surface area contributed by atoms with Crippen molar-refractivity contribution < 1.29 is 17.6 Å². The van der Waals surface area contributed by atoms with Crippen molar-refractivity contribution in [1.29, 1.82) is 0 Å². The fourth-order valence-corrected chi connectivity index (χ4v) is 4.59. The van der Waals surface area contributed by atoms with Crippen LogP contribution in [0.2, 0.25) is 5.02 Å². The van der Waals surface area contributed by atoms with Gasteiger partial charge in [0.15, 0.2) is 0 Å². The number of aromatic amines is 1. The van der Waals surface area contributed by atoms with E-state index in [1.165, 1.54) is 35.4 Å². The molecule has 0 radical (unpaired) electrons. The number of imidazole rings is 1. The summed E-state index contributed by atoms with van der Waals surface area (Å²) < 4.78 is 54.1. The normalized spacial score (nSPS) is 19.2. The number of halogens is 5. The average Bonchev–Trinajstić information content (AvgIpc) is 3.46.